The van der Waals surface area contributed by atoms with Gasteiger partial charge in [-0.2, -0.15) is 0 Å². The average Bonchev–Trinajstić information content (AvgIpc) is 3.36. The molecular formula is C29H30ClNO4. The third kappa shape index (κ3) is 4.74. The molecule has 182 valence electrons. The van der Waals surface area contributed by atoms with E-state index >= 15 is 0 Å². The molecule has 0 amide bonds. The lowest BCUT2D eigenvalue weighted by Crippen LogP contribution is -2.36. The van der Waals surface area contributed by atoms with Gasteiger partial charge in [0.1, 0.15) is 11.9 Å². The van der Waals surface area contributed by atoms with Crippen LogP contribution in [0.25, 0.3) is 0 Å². The Hall–Kier alpha value is -3.05. The van der Waals surface area contributed by atoms with Crippen LogP contribution in [0.15, 0.2) is 71.1 Å². The predicted molar refractivity (Wildman–Crippen MR) is 135 cm³/mol. The van der Waals surface area contributed by atoms with Gasteiger partial charge in [-0.25, -0.2) is 4.79 Å². The molecule has 2 aromatic rings. The van der Waals surface area contributed by atoms with Crippen molar-refractivity contribution >= 4 is 23.4 Å². The molecule has 0 bridgehead atoms. The molecule has 1 fully saturated rings. The smallest absolute Gasteiger partial charge is 0.337 e. The fraction of sp³-hybridized carbons (Fsp3) is 0.379. The van der Waals surface area contributed by atoms with Crippen molar-refractivity contribution in [1.82, 2.24) is 5.32 Å². The molecule has 5 rings (SSSR count). The highest BCUT2D eigenvalue weighted by Gasteiger charge is 2.42. The van der Waals surface area contributed by atoms with Crippen molar-refractivity contribution in [3.8, 4) is 5.75 Å². The van der Waals surface area contributed by atoms with E-state index < -0.39 is 5.92 Å². The molecule has 6 heteroatoms. The highest BCUT2D eigenvalue weighted by atomic mass is 35.5. The van der Waals surface area contributed by atoms with Gasteiger partial charge in [-0.05, 0) is 80.3 Å². The van der Waals surface area contributed by atoms with Crippen LogP contribution in [0.2, 0.25) is 5.02 Å². The number of hydrogen-bond acceptors (Lipinski definition) is 5. The van der Waals surface area contributed by atoms with E-state index in [1.807, 2.05) is 55.5 Å². The summed E-state index contributed by atoms with van der Waals surface area (Å²) in [5.74, 6) is -0.0450. The molecule has 1 saturated carbocycles. The van der Waals surface area contributed by atoms with E-state index in [4.69, 9.17) is 21.1 Å². The maximum absolute atomic E-state index is 13.7. The van der Waals surface area contributed by atoms with Gasteiger partial charge in [0.25, 0.3) is 0 Å². The molecule has 0 spiro atoms. The molecule has 2 aliphatic carbocycles. The van der Waals surface area contributed by atoms with Crippen LogP contribution in [0, 0.1) is 0 Å². The number of carbonyl (C=O) groups is 2. The van der Waals surface area contributed by atoms with Crippen LogP contribution < -0.4 is 10.1 Å². The SMILES string of the molecule is COc1cccc([C@@H]2C(C(=O)OC3CCCC3)=C(C)NC3=C2C(=O)C[C@@H](c2ccc(Cl)cc2)C3)c1. The Morgan fingerprint density at radius 1 is 1.03 bits per heavy atom. The topological polar surface area (TPSA) is 64.6 Å². The van der Waals surface area contributed by atoms with Gasteiger partial charge in [0.15, 0.2) is 5.78 Å². The van der Waals surface area contributed by atoms with Crippen molar-refractivity contribution in [2.45, 2.75) is 63.4 Å². The van der Waals surface area contributed by atoms with Crippen molar-refractivity contribution in [3.63, 3.8) is 0 Å². The molecule has 0 radical (unpaired) electrons. The molecule has 0 unspecified atom stereocenters. The Kier molecular flexibility index (Phi) is 6.70. The molecule has 35 heavy (non-hydrogen) atoms. The van der Waals surface area contributed by atoms with E-state index in [1.54, 1.807) is 7.11 Å². The standard InChI is InChI=1S/C29H30ClNO4/c1-17-26(29(33)35-22-7-3-4-8-22)27(19-6-5-9-23(14-19)34-2)28-24(31-17)15-20(16-25(28)32)18-10-12-21(30)13-11-18/h5-6,9-14,20,22,27,31H,3-4,7-8,15-16H2,1-2H3/t20-,27+/m0/s1. The van der Waals surface area contributed by atoms with E-state index in [9.17, 15) is 9.59 Å². The first kappa shape index (κ1) is 23.7. The van der Waals surface area contributed by atoms with Crippen LogP contribution in [0.5, 0.6) is 5.75 Å². The molecule has 1 heterocycles. The molecule has 1 N–H and O–H groups in total. The summed E-state index contributed by atoms with van der Waals surface area (Å²) in [5.41, 5.74) is 4.74. The highest BCUT2D eigenvalue weighted by molar-refractivity contribution is 6.30. The maximum Gasteiger partial charge on any atom is 0.337 e. The highest BCUT2D eigenvalue weighted by Crippen LogP contribution is 2.46. The van der Waals surface area contributed by atoms with Crippen molar-refractivity contribution in [2.24, 2.45) is 0 Å². The molecule has 1 aliphatic heterocycles. The number of methoxy groups -OCH3 is 1. The quantitative estimate of drug-likeness (QED) is 0.505. The summed E-state index contributed by atoms with van der Waals surface area (Å²) < 4.78 is 11.4. The van der Waals surface area contributed by atoms with Gasteiger partial charge in [0.05, 0.1) is 12.7 Å². The summed E-state index contributed by atoms with van der Waals surface area (Å²) in [4.78, 5) is 27.2. The first-order valence-electron chi connectivity index (χ1n) is 12.3. The summed E-state index contributed by atoms with van der Waals surface area (Å²) >= 11 is 6.08. The zero-order valence-electron chi connectivity index (χ0n) is 20.1. The number of ether oxygens (including phenoxy) is 2. The van der Waals surface area contributed by atoms with Gasteiger partial charge in [-0.3, -0.25) is 4.79 Å². The number of ketones is 1. The van der Waals surface area contributed by atoms with E-state index in [-0.39, 0.29) is 23.8 Å². The number of hydrogen-bond donors (Lipinski definition) is 1. The number of halogens is 1. The van der Waals surface area contributed by atoms with Crippen LogP contribution in [0.1, 0.15) is 68.4 Å². The normalized spacial score (nSPS) is 22.7. The second-order valence-corrected chi connectivity index (χ2v) is 10.1. The minimum atomic E-state index is -0.492. The molecule has 3 aliphatic rings. The van der Waals surface area contributed by atoms with Crippen LogP contribution >= 0.6 is 11.6 Å². The third-order valence-corrected chi connectivity index (χ3v) is 7.64. The summed E-state index contributed by atoms with van der Waals surface area (Å²) in [7, 11) is 1.62. The molecule has 0 aromatic heterocycles. The third-order valence-electron chi connectivity index (χ3n) is 7.39. The van der Waals surface area contributed by atoms with E-state index in [2.05, 4.69) is 5.32 Å². The van der Waals surface area contributed by atoms with E-state index in [1.165, 1.54) is 0 Å². The van der Waals surface area contributed by atoms with Crippen LogP contribution in [-0.2, 0) is 14.3 Å². The van der Waals surface area contributed by atoms with Crippen LogP contribution in [0.3, 0.4) is 0 Å². The number of rotatable bonds is 5. The van der Waals surface area contributed by atoms with E-state index in [0.717, 1.165) is 48.2 Å². The minimum Gasteiger partial charge on any atom is -0.497 e. The largest absolute Gasteiger partial charge is 0.497 e. The fourth-order valence-corrected chi connectivity index (χ4v) is 5.78. The summed E-state index contributed by atoms with van der Waals surface area (Å²) in [5, 5.41) is 4.10. The lowest BCUT2D eigenvalue weighted by atomic mass is 9.71. The lowest BCUT2D eigenvalue weighted by Gasteiger charge is -2.37. The number of nitrogens with one attached hydrogen (secondary N) is 1. The number of benzene rings is 2. The number of Topliss-reactive ketones (excluding diaryl/α,β-unsaturated/α-hetero) is 1. The Balaban J connectivity index is 1.55. The van der Waals surface area contributed by atoms with Crippen molar-refractivity contribution in [3.05, 3.63) is 87.2 Å². The van der Waals surface area contributed by atoms with Gasteiger partial charge in [0.2, 0.25) is 0 Å². The Labute approximate surface area is 211 Å². The molecule has 2 atom stereocenters. The Morgan fingerprint density at radius 3 is 2.49 bits per heavy atom. The first-order chi connectivity index (χ1) is 16.9. The van der Waals surface area contributed by atoms with Crippen molar-refractivity contribution < 1.29 is 19.1 Å². The van der Waals surface area contributed by atoms with Crippen molar-refractivity contribution in [1.29, 1.82) is 0 Å². The van der Waals surface area contributed by atoms with Crippen LogP contribution in [0.4, 0.5) is 0 Å². The van der Waals surface area contributed by atoms with E-state index in [0.29, 0.717) is 34.8 Å². The Morgan fingerprint density at radius 2 is 1.77 bits per heavy atom. The van der Waals surface area contributed by atoms with Gasteiger partial charge >= 0.3 is 5.97 Å². The van der Waals surface area contributed by atoms with Crippen molar-refractivity contribution in [2.75, 3.05) is 7.11 Å². The van der Waals surface area contributed by atoms with Gasteiger partial charge in [0, 0.05) is 34.3 Å². The minimum absolute atomic E-state index is 0.0465. The monoisotopic (exact) mass is 491 g/mol. The van der Waals surface area contributed by atoms with Gasteiger partial charge < -0.3 is 14.8 Å². The second kappa shape index (κ2) is 9.90. The van der Waals surface area contributed by atoms with Crippen LogP contribution in [-0.4, -0.2) is 25.0 Å². The molecule has 0 saturated heterocycles. The predicted octanol–water partition coefficient (Wildman–Crippen LogP) is 6.20. The van der Waals surface area contributed by atoms with Gasteiger partial charge in [-0.1, -0.05) is 35.9 Å². The number of dihydropyridines is 1. The zero-order chi connectivity index (χ0) is 24.5. The second-order valence-electron chi connectivity index (χ2n) is 9.66. The number of esters is 1. The molecule has 5 nitrogen and oxygen atoms in total. The summed E-state index contributed by atoms with van der Waals surface area (Å²) in [6, 6.07) is 15.3. The molecular weight excluding hydrogens is 462 g/mol. The first-order valence-corrected chi connectivity index (χ1v) is 12.7. The summed E-state index contributed by atoms with van der Waals surface area (Å²) in [6.07, 6.45) is 4.95. The number of allylic oxidation sites excluding steroid dienone is 3. The van der Waals surface area contributed by atoms with Gasteiger partial charge in [-0.15, -0.1) is 0 Å². The number of carbonyl (C=O) groups excluding carboxylic acids is 2. The lowest BCUT2D eigenvalue weighted by molar-refractivity contribution is -0.144. The average molecular weight is 492 g/mol. The summed E-state index contributed by atoms with van der Waals surface area (Å²) in [6.45, 7) is 1.90. The Bertz CT molecular complexity index is 1210. The zero-order valence-corrected chi connectivity index (χ0v) is 20.9. The fourth-order valence-electron chi connectivity index (χ4n) is 5.66. The molecule has 2 aromatic carbocycles. The maximum atomic E-state index is 13.7.